The Bertz CT molecular complexity index is 1340. The third-order valence-corrected chi connectivity index (χ3v) is 5.14. The zero-order valence-corrected chi connectivity index (χ0v) is 17.5. The molecule has 31 heavy (non-hydrogen) atoms. The zero-order valence-electron chi connectivity index (χ0n) is 17.5. The van der Waals surface area contributed by atoms with Gasteiger partial charge in [-0.1, -0.05) is 35.9 Å². The van der Waals surface area contributed by atoms with E-state index >= 15 is 0 Å². The lowest BCUT2D eigenvalue weighted by Gasteiger charge is -2.13. The smallest absolute Gasteiger partial charge is 0.269 e. The van der Waals surface area contributed by atoms with Gasteiger partial charge in [0, 0.05) is 17.7 Å². The number of fused-ring (bicyclic) bond motifs is 1. The van der Waals surface area contributed by atoms with Gasteiger partial charge in [0.25, 0.3) is 5.69 Å². The van der Waals surface area contributed by atoms with E-state index in [1.165, 1.54) is 12.1 Å². The summed E-state index contributed by atoms with van der Waals surface area (Å²) in [5.41, 5.74) is 4.63. The first-order valence-corrected chi connectivity index (χ1v) is 9.84. The SMILES string of the molecule is Cc1ccc(-c2oc3cc(C)cc(C)c3c(=O)c2OCc2ccc([N+](=O)[O-])cc2)cc1. The van der Waals surface area contributed by atoms with Gasteiger partial charge < -0.3 is 9.15 Å². The predicted octanol–water partition coefficient (Wildman–Crippen LogP) is 5.87. The van der Waals surface area contributed by atoms with Crippen molar-refractivity contribution < 1.29 is 14.1 Å². The summed E-state index contributed by atoms with van der Waals surface area (Å²) in [6.45, 7) is 5.89. The van der Waals surface area contributed by atoms with Crippen molar-refractivity contribution in [3.8, 4) is 17.1 Å². The molecule has 0 bridgehead atoms. The average Bonchev–Trinajstić information content (AvgIpc) is 2.73. The van der Waals surface area contributed by atoms with Gasteiger partial charge >= 0.3 is 0 Å². The lowest BCUT2D eigenvalue weighted by molar-refractivity contribution is -0.384. The lowest BCUT2D eigenvalue weighted by Crippen LogP contribution is -2.11. The van der Waals surface area contributed by atoms with Crippen LogP contribution < -0.4 is 10.2 Å². The van der Waals surface area contributed by atoms with Gasteiger partial charge in [-0.3, -0.25) is 14.9 Å². The highest BCUT2D eigenvalue weighted by atomic mass is 16.6. The normalized spacial score (nSPS) is 10.9. The Hall–Kier alpha value is -3.93. The van der Waals surface area contributed by atoms with Crippen LogP contribution in [0.3, 0.4) is 0 Å². The lowest BCUT2D eigenvalue weighted by atomic mass is 10.0. The Morgan fingerprint density at radius 3 is 2.26 bits per heavy atom. The summed E-state index contributed by atoms with van der Waals surface area (Å²) >= 11 is 0. The van der Waals surface area contributed by atoms with E-state index in [9.17, 15) is 14.9 Å². The van der Waals surface area contributed by atoms with Gasteiger partial charge in [0.1, 0.15) is 12.2 Å². The van der Waals surface area contributed by atoms with Crippen LogP contribution >= 0.6 is 0 Å². The molecule has 0 aliphatic heterocycles. The molecule has 0 spiro atoms. The molecule has 1 heterocycles. The topological polar surface area (TPSA) is 82.6 Å². The predicted molar refractivity (Wildman–Crippen MR) is 120 cm³/mol. The van der Waals surface area contributed by atoms with E-state index < -0.39 is 4.92 Å². The van der Waals surface area contributed by atoms with Crippen LogP contribution in [0.5, 0.6) is 5.75 Å². The standard InChI is InChI=1S/C25H21NO5/c1-15-4-8-19(9-5-15)24-25(30-14-18-6-10-20(11-7-18)26(28)29)23(27)22-17(3)12-16(2)13-21(22)31-24/h4-13H,14H2,1-3H3. The highest BCUT2D eigenvalue weighted by molar-refractivity contribution is 5.85. The minimum atomic E-state index is -0.455. The second-order valence-corrected chi connectivity index (χ2v) is 7.62. The molecule has 1 aromatic heterocycles. The maximum Gasteiger partial charge on any atom is 0.269 e. The first-order valence-electron chi connectivity index (χ1n) is 9.84. The van der Waals surface area contributed by atoms with Gasteiger partial charge in [-0.15, -0.1) is 0 Å². The molecule has 0 N–H and O–H groups in total. The fraction of sp³-hybridized carbons (Fsp3) is 0.160. The average molecular weight is 415 g/mol. The van der Waals surface area contributed by atoms with E-state index in [-0.39, 0.29) is 23.5 Å². The highest BCUT2D eigenvalue weighted by Gasteiger charge is 2.19. The molecule has 0 amide bonds. The molecule has 0 fully saturated rings. The van der Waals surface area contributed by atoms with Crippen LogP contribution in [0, 0.1) is 30.9 Å². The second-order valence-electron chi connectivity index (χ2n) is 7.62. The number of hydrogen-bond donors (Lipinski definition) is 0. The fourth-order valence-electron chi connectivity index (χ4n) is 3.57. The molecule has 3 aromatic carbocycles. The molecule has 4 aromatic rings. The Labute approximate surface area is 178 Å². The first kappa shape index (κ1) is 20.3. The van der Waals surface area contributed by atoms with Crippen LogP contribution in [0.4, 0.5) is 5.69 Å². The number of aryl methyl sites for hydroxylation is 3. The minimum absolute atomic E-state index is 0.000285. The number of rotatable bonds is 5. The van der Waals surface area contributed by atoms with Crippen LogP contribution in [-0.4, -0.2) is 4.92 Å². The summed E-state index contributed by atoms with van der Waals surface area (Å²) in [6.07, 6.45) is 0. The number of ether oxygens (including phenoxy) is 1. The van der Waals surface area contributed by atoms with E-state index in [1.807, 2.05) is 57.2 Å². The monoisotopic (exact) mass is 415 g/mol. The number of nitrogens with zero attached hydrogens (tertiary/aromatic N) is 1. The number of benzene rings is 3. The van der Waals surface area contributed by atoms with Crippen molar-refractivity contribution in [2.45, 2.75) is 27.4 Å². The first-order chi connectivity index (χ1) is 14.8. The minimum Gasteiger partial charge on any atom is -0.481 e. The molecule has 0 unspecified atom stereocenters. The fourth-order valence-corrected chi connectivity index (χ4v) is 3.57. The summed E-state index contributed by atoms with van der Waals surface area (Å²) in [5, 5.41) is 11.3. The van der Waals surface area contributed by atoms with E-state index in [2.05, 4.69) is 0 Å². The highest BCUT2D eigenvalue weighted by Crippen LogP contribution is 2.33. The Balaban J connectivity index is 1.82. The second kappa shape index (κ2) is 8.07. The quantitative estimate of drug-likeness (QED) is 0.301. The summed E-state index contributed by atoms with van der Waals surface area (Å²) in [6, 6.07) is 17.5. The molecular weight excluding hydrogens is 394 g/mol. The molecule has 0 saturated heterocycles. The summed E-state index contributed by atoms with van der Waals surface area (Å²) in [7, 11) is 0. The number of nitro benzene ring substituents is 1. The van der Waals surface area contributed by atoms with Gasteiger partial charge in [-0.05, 0) is 55.7 Å². The molecule has 0 radical (unpaired) electrons. The van der Waals surface area contributed by atoms with Gasteiger partial charge in [-0.2, -0.15) is 0 Å². The van der Waals surface area contributed by atoms with Gasteiger partial charge in [-0.25, -0.2) is 0 Å². The van der Waals surface area contributed by atoms with E-state index in [4.69, 9.17) is 9.15 Å². The van der Waals surface area contributed by atoms with Gasteiger partial charge in [0.15, 0.2) is 5.76 Å². The Morgan fingerprint density at radius 2 is 1.61 bits per heavy atom. The number of hydrogen-bond acceptors (Lipinski definition) is 5. The molecule has 4 rings (SSSR count). The van der Waals surface area contributed by atoms with Crippen molar-refractivity contribution in [3.05, 3.63) is 103 Å². The molecular formula is C25H21NO5. The van der Waals surface area contributed by atoms with Crippen LogP contribution in [0.2, 0.25) is 0 Å². The third-order valence-electron chi connectivity index (χ3n) is 5.14. The van der Waals surface area contributed by atoms with Crippen LogP contribution in [0.25, 0.3) is 22.3 Å². The van der Waals surface area contributed by atoms with Crippen molar-refractivity contribution in [3.63, 3.8) is 0 Å². The van der Waals surface area contributed by atoms with E-state index in [0.29, 0.717) is 22.3 Å². The van der Waals surface area contributed by atoms with Crippen molar-refractivity contribution in [2.24, 2.45) is 0 Å². The van der Waals surface area contributed by atoms with Crippen molar-refractivity contribution in [1.29, 1.82) is 0 Å². The van der Waals surface area contributed by atoms with Crippen LogP contribution in [0.1, 0.15) is 22.3 Å². The molecule has 0 aliphatic rings. The molecule has 6 nitrogen and oxygen atoms in total. The number of non-ortho nitro benzene ring substituents is 1. The third kappa shape index (κ3) is 4.05. The molecule has 0 saturated carbocycles. The van der Waals surface area contributed by atoms with Crippen LogP contribution in [-0.2, 0) is 6.61 Å². The van der Waals surface area contributed by atoms with Gasteiger partial charge in [0.2, 0.25) is 11.2 Å². The van der Waals surface area contributed by atoms with Crippen LogP contribution in [0.15, 0.2) is 69.9 Å². The Kier molecular flexibility index (Phi) is 5.29. The summed E-state index contributed by atoms with van der Waals surface area (Å²) in [4.78, 5) is 23.8. The number of nitro groups is 1. The maximum absolute atomic E-state index is 13.4. The Morgan fingerprint density at radius 1 is 0.935 bits per heavy atom. The van der Waals surface area contributed by atoms with Gasteiger partial charge in [0.05, 0.1) is 10.3 Å². The molecule has 0 atom stereocenters. The molecule has 156 valence electrons. The molecule has 6 heteroatoms. The van der Waals surface area contributed by atoms with Crippen molar-refractivity contribution in [2.75, 3.05) is 0 Å². The van der Waals surface area contributed by atoms with E-state index in [1.54, 1.807) is 12.1 Å². The summed E-state index contributed by atoms with van der Waals surface area (Å²) < 4.78 is 12.1. The molecule has 0 aliphatic carbocycles. The summed E-state index contributed by atoms with van der Waals surface area (Å²) in [5.74, 6) is 0.492. The largest absolute Gasteiger partial charge is 0.481 e. The van der Waals surface area contributed by atoms with Crippen molar-refractivity contribution in [1.82, 2.24) is 0 Å². The zero-order chi connectivity index (χ0) is 22.1. The van der Waals surface area contributed by atoms with E-state index in [0.717, 1.165) is 22.3 Å². The maximum atomic E-state index is 13.4. The van der Waals surface area contributed by atoms with Crippen molar-refractivity contribution >= 4 is 16.7 Å².